The second-order valence-electron chi connectivity index (χ2n) is 6.78. The molecule has 0 saturated carbocycles. The first-order chi connectivity index (χ1) is 14.2. The Kier molecular flexibility index (Phi) is 6.79. The molecule has 0 bridgehead atoms. The molecule has 1 N–H and O–H groups in total. The van der Waals surface area contributed by atoms with Gasteiger partial charge in [-0.1, -0.05) is 12.1 Å². The van der Waals surface area contributed by atoms with Crippen LogP contribution in [0.25, 0.3) is 0 Å². The Balaban J connectivity index is 1.54. The number of amides is 1. The Morgan fingerprint density at radius 2 is 1.60 bits per heavy atom. The van der Waals surface area contributed by atoms with Crippen LogP contribution in [0, 0.1) is 0 Å². The van der Waals surface area contributed by atoms with E-state index in [1.54, 1.807) is 12.1 Å². The van der Waals surface area contributed by atoms with Crippen LogP contribution in [0.4, 0.5) is 18.9 Å². The van der Waals surface area contributed by atoms with E-state index in [-0.39, 0.29) is 22.9 Å². The van der Waals surface area contributed by atoms with E-state index in [2.05, 4.69) is 5.32 Å². The molecule has 0 aliphatic carbocycles. The smallest absolute Gasteiger partial charge is 0.379 e. The summed E-state index contributed by atoms with van der Waals surface area (Å²) in [6, 6.07) is 10.5. The number of hydrogen-bond donors (Lipinski definition) is 1. The predicted molar refractivity (Wildman–Crippen MR) is 104 cm³/mol. The Morgan fingerprint density at radius 3 is 2.17 bits per heavy atom. The zero-order valence-electron chi connectivity index (χ0n) is 16.0. The molecule has 1 aliphatic heterocycles. The molecule has 0 spiro atoms. The molecule has 2 aromatic rings. The number of carbonyl (C=O) groups is 1. The largest absolute Gasteiger partial charge is 0.416 e. The zero-order valence-corrected chi connectivity index (χ0v) is 16.8. The van der Waals surface area contributed by atoms with Gasteiger partial charge in [-0.2, -0.15) is 17.5 Å². The monoisotopic (exact) mass is 442 g/mol. The number of nitrogens with one attached hydrogen (secondary N) is 1. The lowest BCUT2D eigenvalue weighted by atomic mass is 10.1. The topological polar surface area (TPSA) is 75.7 Å². The molecular weight excluding hydrogens is 421 g/mol. The number of nitrogens with zero attached hydrogens (tertiary/aromatic N) is 1. The van der Waals surface area contributed by atoms with Gasteiger partial charge in [-0.3, -0.25) is 4.79 Å². The second kappa shape index (κ2) is 9.15. The summed E-state index contributed by atoms with van der Waals surface area (Å²) in [5.41, 5.74) is 0.270. The van der Waals surface area contributed by atoms with E-state index in [9.17, 15) is 26.4 Å². The molecule has 162 valence electrons. The molecular formula is C20H21F3N2O4S. The molecule has 1 amide bonds. The van der Waals surface area contributed by atoms with Crippen molar-refractivity contribution in [3.05, 3.63) is 59.7 Å². The SMILES string of the molecule is O=C(CCc1ccc(S(=O)(=O)N2CCOCC2)cc1)Nc1ccc(C(F)(F)F)cc1. The third-order valence-corrected chi connectivity index (χ3v) is 6.58. The fraction of sp³-hybridized carbons (Fsp3) is 0.350. The van der Waals surface area contributed by atoms with Crippen molar-refractivity contribution >= 4 is 21.6 Å². The van der Waals surface area contributed by atoms with Gasteiger partial charge in [0.05, 0.1) is 23.7 Å². The Morgan fingerprint density at radius 1 is 1.00 bits per heavy atom. The maximum Gasteiger partial charge on any atom is 0.416 e. The van der Waals surface area contributed by atoms with Crippen molar-refractivity contribution in [1.29, 1.82) is 0 Å². The molecule has 30 heavy (non-hydrogen) atoms. The molecule has 0 unspecified atom stereocenters. The van der Waals surface area contributed by atoms with Gasteiger partial charge in [-0.25, -0.2) is 8.42 Å². The van der Waals surface area contributed by atoms with Crippen molar-refractivity contribution in [3.63, 3.8) is 0 Å². The minimum absolute atomic E-state index is 0.108. The van der Waals surface area contributed by atoms with Gasteiger partial charge in [0.25, 0.3) is 0 Å². The normalized spacial score (nSPS) is 15.7. The number of alkyl halides is 3. The maximum atomic E-state index is 12.6. The highest BCUT2D eigenvalue weighted by Gasteiger charge is 2.30. The van der Waals surface area contributed by atoms with Gasteiger partial charge in [-0.05, 0) is 48.4 Å². The van der Waals surface area contributed by atoms with Crippen molar-refractivity contribution in [2.75, 3.05) is 31.6 Å². The number of aryl methyl sites for hydroxylation is 1. The molecule has 0 aromatic heterocycles. The van der Waals surface area contributed by atoms with Crippen molar-refractivity contribution < 1.29 is 31.1 Å². The summed E-state index contributed by atoms with van der Waals surface area (Å²) in [6.07, 6.45) is -3.95. The molecule has 1 aliphatic rings. The first kappa shape index (κ1) is 22.3. The number of sulfonamides is 1. The van der Waals surface area contributed by atoms with Crippen LogP contribution in [0.3, 0.4) is 0 Å². The number of anilines is 1. The van der Waals surface area contributed by atoms with Crippen LogP contribution in [0.1, 0.15) is 17.5 Å². The highest BCUT2D eigenvalue weighted by molar-refractivity contribution is 7.89. The summed E-state index contributed by atoms with van der Waals surface area (Å²) in [5, 5.41) is 2.55. The van der Waals surface area contributed by atoms with Crippen LogP contribution < -0.4 is 5.32 Å². The minimum atomic E-state index is -4.43. The lowest BCUT2D eigenvalue weighted by Gasteiger charge is -2.26. The van der Waals surface area contributed by atoms with Crippen LogP contribution in [0.5, 0.6) is 0 Å². The Hall–Kier alpha value is -2.43. The van der Waals surface area contributed by atoms with Crippen molar-refractivity contribution in [2.24, 2.45) is 0 Å². The number of benzene rings is 2. The van der Waals surface area contributed by atoms with E-state index in [0.29, 0.717) is 32.7 Å². The lowest BCUT2D eigenvalue weighted by Crippen LogP contribution is -2.40. The summed E-state index contributed by atoms with van der Waals surface area (Å²) >= 11 is 0. The lowest BCUT2D eigenvalue weighted by molar-refractivity contribution is -0.137. The van der Waals surface area contributed by atoms with E-state index in [1.165, 1.54) is 28.6 Å². The fourth-order valence-electron chi connectivity index (χ4n) is 2.99. The first-order valence-electron chi connectivity index (χ1n) is 9.30. The van der Waals surface area contributed by atoms with E-state index in [0.717, 1.165) is 17.7 Å². The van der Waals surface area contributed by atoms with Gasteiger partial charge in [0.15, 0.2) is 0 Å². The third-order valence-electron chi connectivity index (χ3n) is 4.67. The molecule has 0 radical (unpaired) electrons. The molecule has 2 aromatic carbocycles. The van der Waals surface area contributed by atoms with Crippen LogP contribution in [-0.4, -0.2) is 44.9 Å². The van der Waals surface area contributed by atoms with Gasteiger partial charge in [0.1, 0.15) is 0 Å². The van der Waals surface area contributed by atoms with Crippen LogP contribution >= 0.6 is 0 Å². The molecule has 1 heterocycles. The predicted octanol–water partition coefficient (Wildman–Crippen LogP) is 3.30. The molecule has 1 saturated heterocycles. The van der Waals surface area contributed by atoms with Crippen molar-refractivity contribution in [2.45, 2.75) is 23.9 Å². The van der Waals surface area contributed by atoms with E-state index < -0.39 is 21.8 Å². The molecule has 0 atom stereocenters. The van der Waals surface area contributed by atoms with E-state index in [4.69, 9.17) is 4.74 Å². The highest BCUT2D eigenvalue weighted by Crippen LogP contribution is 2.29. The number of ether oxygens (including phenoxy) is 1. The fourth-order valence-corrected chi connectivity index (χ4v) is 4.40. The summed E-state index contributed by atoms with van der Waals surface area (Å²) in [6.45, 7) is 1.36. The average Bonchev–Trinajstić information content (AvgIpc) is 2.73. The second-order valence-corrected chi connectivity index (χ2v) is 8.72. The summed E-state index contributed by atoms with van der Waals surface area (Å²) < 4.78 is 69.4. The van der Waals surface area contributed by atoms with Gasteiger partial charge >= 0.3 is 6.18 Å². The van der Waals surface area contributed by atoms with Crippen molar-refractivity contribution in [3.8, 4) is 0 Å². The minimum Gasteiger partial charge on any atom is -0.379 e. The highest BCUT2D eigenvalue weighted by atomic mass is 32.2. The maximum absolute atomic E-state index is 12.6. The van der Waals surface area contributed by atoms with Crippen LogP contribution in [0.2, 0.25) is 0 Å². The van der Waals surface area contributed by atoms with Gasteiger partial charge < -0.3 is 10.1 Å². The number of morpholine rings is 1. The quantitative estimate of drug-likeness (QED) is 0.745. The standard InChI is InChI=1S/C20H21F3N2O4S/c21-20(22,23)16-4-6-17(7-5-16)24-19(26)10-3-15-1-8-18(9-2-15)30(27,28)25-11-13-29-14-12-25/h1-2,4-9H,3,10-14H2,(H,24,26). The van der Waals surface area contributed by atoms with Gasteiger partial charge in [0.2, 0.25) is 15.9 Å². The zero-order chi connectivity index (χ0) is 21.8. The Labute approximate surface area is 172 Å². The van der Waals surface area contributed by atoms with Crippen LogP contribution in [-0.2, 0) is 32.2 Å². The third kappa shape index (κ3) is 5.59. The molecule has 1 fully saturated rings. The summed E-state index contributed by atoms with van der Waals surface area (Å²) in [5.74, 6) is -0.347. The van der Waals surface area contributed by atoms with E-state index in [1.807, 2.05) is 0 Å². The molecule has 10 heteroatoms. The van der Waals surface area contributed by atoms with Gasteiger partial charge in [0, 0.05) is 25.2 Å². The molecule has 3 rings (SSSR count). The van der Waals surface area contributed by atoms with Crippen molar-refractivity contribution in [1.82, 2.24) is 4.31 Å². The molecule has 6 nitrogen and oxygen atoms in total. The van der Waals surface area contributed by atoms with Crippen LogP contribution in [0.15, 0.2) is 53.4 Å². The number of halogens is 3. The number of hydrogen-bond acceptors (Lipinski definition) is 4. The summed E-state index contributed by atoms with van der Waals surface area (Å²) in [4.78, 5) is 12.2. The number of carbonyl (C=O) groups excluding carboxylic acids is 1. The number of rotatable bonds is 6. The first-order valence-corrected chi connectivity index (χ1v) is 10.7. The Bertz CT molecular complexity index is 969. The van der Waals surface area contributed by atoms with Gasteiger partial charge in [-0.15, -0.1) is 0 Å². The van der Waals surface area contributed by atoms with E-state index >= 15 is 0 Å². The average molecular weight is 442 g/mol. The summed E-state index contributed by atoms with van der Waals surface area (Å²) in [7, 11) is -3.57.